The number of hydrogen-bond donors (Lipinski definition) is 1. The van der Waals surface area contributed by atoms with Crippen LogP contribution < -0.4 is 4.90 Å². The van der Waals surface area contributed by atoms with Crippen LogP contribution in [0.3, 0.4) is 0 Å². The summed E-state index contributed by atoms with van der Waals surface area (Å²) in [6, 6.07) is 9.96. The summed E-state index contributed by atoms with van der Waals surface area (Å²) in [6.45, 7) is 4.48. The van der Waals surface area contributed by atoms with Crippen molar-refractivity contribution in [3.8, 4) is 0 Å². The molecule has 6 heteroatoms. The molecule has 3 aromatic rings. The van der Waals surface area contributed by atoms with E-state index in [4.69, 9.17) is 0 Å². The van der Waals surface area contributed by atoms with E-state index in [1.54, 1.807) is 6.92 Å². The van der Waals surface area contributed by atoms with Gasteiger partial charge < -0.3 is 14.6 Å². The molecule has 1 unspecified atom stereocenters. The second-order valence-corrected chi connectivity index (χ2v) is 7.13. The molecule has 1 aliphatic heterocycles. The van der Waals surface area contributed by atoms with E-state index in [9.17, 15) is 5.11 Å². The lowest BCUT2D eigenvalue weighted by Crippen LogP contribution is -2.34. The topological polar surface area (TPSA) is 67.1 Å². The molecule has 0 radical (unpaired) electrons. The van der Waals surface area contributed by atoms with Gasteiger partial charge in [-0.2, -0.15) is 0 Å². The summed E-state index contributed by atoms with van der Waals surface area (Å²) in [4.78, 5) is 15.7. The van der Waals surface area contributed by atoms with E-state index in [2.05, 4.69) is 30.6 Å². The molecule has 0 spiro atoms. The number of aliphatic hydroxyl groups excluding tert-OH is 1. The van der Waals surface area contributed by atoms with Crippen LogP contribution in [-0.2, 0) is 6.54 Å². The van der Waals surface area contributed by atoms with E-state index in [-0.39, 0.29) is 0 Å². The van der Waals surface area contributed by atoms with Crippen LogP contribution in [0.2, 0.25) is 0 Å². The number of nitrogens with zero attached hydrogens (tertiary/aromatic N) is 5. The van der Waals surface area contributed by atoms with Crippen molar-refractivity contribution in [1.82, 2.24) is 19.5 Å². The zero-order valence-corrected chi connectivity index (χ0v) is 15.6. The predicted octanol–water partition coefficient (Wildman–Crippen LogP) is 3.16. The number of piperidine rings is 1. The Labute approximate surface area is 159 Å². The molecule has 6 nitrogen and oxygen atoms in total. The monoisotopic (exact) mass is 363 g/mol. The van der Waals surface area contributed by atoms with Gasteiger partial charge in [-0.05, 0) is 49.6 Å². The Morgan fingerprint density at radius 3 is 2.63 bits per heavy atom. The minimum atomic E-state index is -0.539. The molecule has 1 fully saturated rings. The highest BCUT2D eigenvalue weighted by molar-refractivity contribution is 5.40. The van der Waals surface area contributed by atoms with Crippen LogP contribution in [0.25, 0.3) is 0 Å². The Bertz CT molecular complexity index is 869. The molecule has 140 valence electrons. The van der Waals surface area contributed by atoms with Crippen LogP contribution in [0.15, 0.2) is 55.1 Å². The van der Waals surface area contributed by atoms with Gasteiger partial charge in [-0.15, -0.1) is 0 Å². The van der Waals surface area contributed by atoms with Gasteiger partial charge in [-0.25, -0.2) is 9.97 Å². The molecule has 1 saturated heterocycles. The molecule has 1 N–H and O–H groups in total. The van der Waals surface area contributed by atoms with Crippen LogP contribution in [0.1, 0.15) is 48.9 Å². The minimum absolute atomic E-state index is 0.457. The van der Waals surface area contributed by atoms with E-state index >= 15 is 0 Å². The molecular weight excluding hydrogens is 338 g/mol. The van der Waals surface area contributed by atoms with Crippen molar-refractivity contribution in [2.45, 2.75) is 38.3 Å². The Hall–Kier alpha value is -2.73. The second kappa shape index (κ2) is 7.88. The molecule has 27 heavy (non-hydrogen) atoms. The molecule has 1 aliphatic rings. The predicted molar refractivity (Wildman–Crippen MR) is 105 cm³/mol. The van der Waals surface area contributed by atoms with E-state index in [0.29, 0.717) is 5.92 Å². The summed E-state index contributed by atoms with van der Waals surface area (Å²) in [7, 11) is 0. The second-order valence-electron chi connectivity index (χ2n) is 7.13. The highest BCUT2D eigenvalue weighted by Crippen LogP contribution is 2.29. The number of pyridine rings is 2. The minimum Gasteiger partial charge on any atom is -0.387 e. The van der Waals surface area contributed by atoms with Crippen LogP contribution in [0.5, 0.6) is 0 Å². The molecule has 1 atom stereocenters. The van der Waals surface area contributed by atoms with Gasteiger partial charge in [0.05, 0.1) is 11.8 Å². The van der Waals surface area contributed by atoms with Gasteiger partial charge in [0.1, 0.15) is 11.6 Å². The first-order valence-corrected chi connectivity index (χ1v) is 9.50. The van der Waals surface area contributed by atoms with Crippen LogP contribution in [0, 0.1) is 0 Å². The molecular formula is C21H25N5O. The summed E-state index contributed by atoms with van der Waals surface area (Å²) in [5, 5.41) is 9.77. The third kappa shape index (κ3) is 4.01. The van der Waals surface area contributed by atoms with Crippen molar-refractivity contribution < 1.29 is 5.11 Å². The van der Waals surface area contributed by atoms with Crippen LogP contribution >= 0.6 is 0 Å². The van der Waals surface area contributed by atoms with Crippen molar-refractivity contribution in [2.24, 2.45) is 0 Å². The number of aliphatic hydroxyl groups is 1. The van der Waals surface area contributed by atoms with Crippen LogP contribution in [0.4, 0.5) is 5.82 Å². The summed E-state index contributed by atoms with van der Waals surface area (Å²) in [5.41, 5.74) is 1.96. The molecule has 3 aromatic heterocycles. The van der Waals surface area contributed by atoms with Gasteiger partial charge >= 0.3 is 0 Å². The van der Waals surface area contributed by atoms with Gasteiger partial charge in [0.2, 0.25) is 0 Å². The molecule has 0 saturated carbocycles. The number of aromatic nitrogens is 4. The van der Waals surface area contributed by atoms with Gasteiger partial charge in [-0.1, -0.05) is 6.07 Å². The summed E-state index contributed by atoms with van der Waals surface area (Å²) in [5.74, 6) is 2.57. The lowest BCUT2D eigenvalue weighted by atomic mass is 9.95. The van der Waals surface area contributed by atoms with Crippen molar-refractivity contribution >= 4 is 5.82 Å². The Morgan fingerprint density at radius 1 is 1.11 bits per heavy atom. The Balaban J connectivity index is 1.43. The zero-order valence-electron chi connectivity index (χ0n) is 15.6. The van der Waals surface area contributed by atoms with Gasteiger partial charge in [0.15, 0.2) is 0 Å². The molecule has 4 rings (SSSR count). The third-order valence-electron chi connectivity index (χ3n) is 5.22. The Kier molecular flexibility index (Phi) is 5.16. The molecule has 0 aromatic carbocycles. The molecule has 0 bridgehead atoms. The summed E-state index contributed by atoms with van der Waals surface area (Å²) in [6.07, 6.45) is 9.19. The first-order valence-electron chi connectivity index (χ1n) is 9.50. The van der Waals surface area contributed by atoms with Crippen molar-refractivity contribution in [3.05, 3.63) is 72.2 Å². The Morgan fingerprint density at radius 2 is 1.89 bits per heavy atom. The quantitative estimate of drug-likeness (QED) is 0.754. The fourth-order valence-corrected chi connectivity index (χ4v) is 3.71. The maximum absolute atomic E-state index is 9.77. The van der Waals surface area contributed by atoms with Crippen molar-refractivity contribution in [2.75, 3.05) is 18.0 Å². The molecule has 0 amide bonds. The summed E-state index contributed by atoms with van der Waals surface area (Å²) >= 11 is 0. The fourth-order valence-electron chi connectivity index (χ4n) is 3.71. The van der Waals surface area contributed by atoms with E-state index in [0.717, 1.165) is 49.8 Å². The SMILES string of the molecule is CC(O)c1cccc(N2CCC(c3nccn3Cc3ccncc3)CC2)n1. The first-order chi connectivity index (χ1) is 13.2. The third-order valence-corrected chi connectivity index (χ3v) is 5.22. The maximum atomic E-state index is 9.77. The van der Waals surface area contributed by atoms with Crippen molar-refractivity contribution in [1.29, 1.82) is 0 Å². The van der Waals surface area contributed by atoms with Gasteiger partial charge in [-0.3, -0.25) is 4.98 Å². The lowest BCUT2D eigenvalue weighted by Gasteiger charge is -2.33. The van der Waals surface area contributed by atoms with E-state index in [1.165, 1.54) is 5.56 Å². The smallest absolute Gasteiger partial charge is 0.128 e. The van der Waals surface area contributed by atoms with Gasteiger partial charge in [0, 0.05) is 50.3 Å². The number of anilines is 1. The first kappa shape index (κ1) is 17.7. The van der Waals surface area contributed by atoms with E-state index in [1.807, 2.05) is 48.9 Å². The number of rotatable bonds is 5. The average Bonchev–Trinajstić information content (AvgIpc) is 3.17. The lowest BCUT2D eigenvalue weighted by molar-refractivity contribution is 0.194. The highest BCUT2D eigenvalue weighted by atomic mass is 16.3. The van der Waals surface area contributed by atoms with Crippen LogP contribution in [-0.4, -0.2) is 37.7 Å². The zero-order chi connectivity index (χ0) is 18.6. The normalized spacial score (nSPS) is 16.4. The molecule has 0 aliphatic carbocycles. The number of hydrogen-bond acceptors (Lipinski definition) is 5. The van der Waals surface area contributed by atoms with Crippen molar-refractivity contribution in [3.63, 3.8) is 0 Å². The highest BCUT2D eigenvalue weighted by Gasteiger charge is 2.25. The standard InChI is InChI=1S/C21H25N5O/c1-16(27)19-3-2-4-20(24-19)25-12-7-18(8-13-25)21-23-11-14-26(21)15-17-5-9-22-10-6-17/h2-6,9-11,14,16,18,27H,7-8,12-13,15H2,1H3. The fraction of sp³-hybridized carbons (Fsp3) is 0.381. The van der Waals surface area contributed by atoms with Gasteiger partial charge in [0.25, 0.3) is 0 Å². The molecule has 4 heterocycles. The largest absolute Gasteiger partial charge is 0.387 e. The maximum Gasteiger partial charge on any atom is 0.128 e. The van der Waals surface area contributed by atoms with E-state index < -0.39 is 6.10 Å². The summed E-state index contributed by atoms with van der Waals surface area (Å²) < 4.78 is 2.25. The number of imidazole rings is 1. The average molecular weight is 363 g/mol.